The monoisotopic (exact) mass is 560 g/mol. The number of halogens is 2. The van der Waals surface area contributed by atoms with Gasteiger partial charge in [-0.05, 0) is 57.1 Å². The second-order valence-electron chi connectivity index (χ2n) is 8.18. The van der Waals surface area contributed by atoms with E-state index in [4.69, 9.17) is 0 Å². The van der Waals surface area contributed by atoms with E-state index < -0.39 is 0 Å². The predicted octanol–water partition coefficient (Wildman–Crippen LogP) is 2.52. The van der Waals surface area contributed by atoms with Crippen molar-refractivity contribution in [3.8, 4) is 0 Å². The van der Waals surface area contributed by atoms with Crippen LogP contribution in [0.4, 0.5) is 10.1 Å². The fourth-order valence-electron chi connectivity index (χ4n) is 4.14. The Morgan fingerprint density at radius 1 is 1.00 bits per heavy atom. The predicted molar refractivity (Wildman–Crippen MR) is 139 cm³/mol. The lowest BCUT2D eigenvalue weighted by Gasteiger charge is -2.36. The van der Waals surface area contributed by atoms with Crippen LogP contribution in [0.5, 0.6) is 0 Å². The van der Waals surface area contributed by atoms with Crippen LogP contribution >= 0.6 is 24.0 Å². The number of hydrogen-bond donors (Lipinski definition) is 2. The van der Waals surface area contributed by atoms with E-state index in [1.807, 2.05) is 11.8 Å². The average molecular weight is 561 g/mol. The molecular formula is C23H38FIN6O. The molecule has 7 nitrogen and oxygen atoms in total. The summed E-state index contributed by atoms with van der Waals surface area (Å²) in [4.78, 5) is 23.8. The summed E-state index contributed by atoms with van der Waals surface area (Å²) in [6.07, 6.45) is 4.39. The van der Waals surface area contributed by atoms with Crippen LogP contribution in [-0.2, 0) is 4.79 Å². The molecule has 9 heteroatoms. The van der Waals surface area contributed by atoms with Gasteiger partial charge in [0.05, 0.1) is 6.54 Å². The number of anilines is 1. The van der Waals surface area contributed by atoms with E-state index in [1.165, 1.54) is 44.5 Å². The van der Waals surface area contributed by atoms with Gasteiger partial charge in [0.15, 0.2) is 5.96 Å². The molecule has 2 aliphatic heterocycles. The molecule has 0 saturated carbocycles. The van der Waals surface area contributed by atoms with Gasteiger partial charge in [0.2, 0.25) is 5.91 Å². The third-order valence-electron chi connectivity index (χ3n) is 5.93. The number of aliphatic imine (C=N–C) groups is 1. The second kappa shape index (κ2) is 14.5. The molecule has 2 aliphatic rings. The molecule has 2 saturated heterocycles. The van der Waals surface area contributed by atoms with Crippen molar-refractivity contribution in [2.75, 3.05) is 70.3 Å². The zero-order valence-corrected chi connectivity index (χ0v) is 21.5. The molecule has 0 bridgehead atoms. The van der Waals surface area contributed by atoms with E-state index in [-0.39, 0.29) is 35.7 Å². The quantitative estimate of drug-likeness (QED) is 0.291. The third-order valence-corrected chi connectivity index (χ3v) is 5.93. The Bertz CT molecular complexity index is 703. The van der Waals surface area contributed by atoms with Gasteiger partial charge in [0.25, 0.3) is 0 Å². The third kappa shape index (κ3) is 8.73. The molecule has 0 aliphatic carbocycles. The minimum Gasteiger partial charge on any atom is -0.368 e. The molecular weight excluding hydrogens is 522 g/mol. The van der Waals surface area contributed by atoms with Crippen molar-refractivity contribution in [1.29, 1.82) is 0 Å². The minimum atomic E-state index is -0.225. The van der Waals surface area contributed by atoms with Crippen LogP contribution in [0.25, 0.3) is 0 Å². The number of piperazine rings is 1. The van der Waals surface area contributed by atoms with Crippen LogP contribution in [0, 0.1) is 5.82 Å². The summed E-state index contributed by atoms with van der Waals surface area (Å²) in [6, 6.07) is 6.55. The Kier molecular flexibility index (Phi) is 12.1. The Balaban J connectivity index is 0.00000363. The highest BCUT2D eigenvalue weighted by Gasteiger charge is 2.21. The molecule has 180 valence electrons. The lowest BCUT2D eigenvalue weighted by Crippen LogP contribution is -2.49. The zero-order valence-electron chi connectivity index (χ0n) is 19.2. The summed E-state index contributed by atoms with van der Waals surface area (Å²) < 4.78 is 13.1. The van der Waals surface area contributed by atoms with E-state index >= 15 is 0 Å². The number of guanidine groups is 1. The summed E-state index contributed by atoms with van der Waals surface area (Å²) in [5.41, 5.74) is 1.01. The first-order valence-electron chi connectivity index (χ1n) is 11.7. The van der Waals surface area contributed by atoms with Gasteiger partial charge in [-0.1, -0.05) is 6.42 Å². The molecule has 2 fully saturated rings. The molecule has 0 atom stereocenters. The van der Waals surface area contributed by atoms with E-state index in [0.717, 1.165) is 44.4 Å². The van der Waals surface area contributed by atoms with Crippen molar-refractivity contribution in [3.05, 3.63) is 30.1 Å². The van der Waals surface area contributed by atoms with E-state index in [1.54, 1.807) is 12.1 Å². The Morgan fingerprint density at radius 2 is 1.69 bits per heavy atom. The number of amides is 1. The molecule has 3 rings (SSSR count). The summed E-state index contributed by atoms with van der Waals surface area (Å²) >= 11 is 0. The summed E-state index contributed by atoms with van der Waals surface area (Å²) in [6.45, 7) is 10.5. The Hall–Kier alpha value is -1.62. The highest BCUT2D eigenvalue weighted by molar-refractivity contribution is 14.0. The lowest BCUT2D eigenvalue weighted by molar-refractivity contribution is -0.131. The van der Waals surface area contributed by atoms with Gasteiger partial charge in [-0.2, -0.15) is 0 Å². The first-order valence-corrected chi connectivity index (χ1v) is 11.7. The van der Waals surface area contributed by atoms with Gasteiger partial charge < -0.3 is 25.3 Å². The van der Waals surface area contributed by atoms with Crippen LogP contribution in [0.15, 0.2) is 29.3 Å². The van der Waals surface area contributed by atoms with Crippen molar-refractivity contribution < 1.29 is 9.18 Å². The van der Waals surface area contributed by atoms with E-state index in [0.29, 0.717) is 26.1 Å². The SMILES string of the molecule is CCNC(=NCCN1CCCCC1)NCCC(=O)N1CCN(c2ccc(F)cc2)CC1.I. The van der Waals surface area contributed by atoms with Gasteiger partial charge in [-0.3, -0.25) is 9.79 Å². The molecule has 0 aromatic heterocycles. The second-order valence-corrected chi connectivity index (χ2v) is 8.18. The number of nitrogens with zero attached hydrogens (tertiary/aromatic N) is 4. The van der Waals surface area contributed by atoms with Gasteiger partial charge in [-0.25, -0.2) is 4.39 Å². The molecule has 0 spiro atoms. The molecule has 2 N–H and O–H groups in total. The summed E-state index contributed by atoms with van der Waals surface area (Å²) in [5, 5.41) is 6.56. The van der Waals surface area contributed by atoms with Gasteiger partial charge in [-0.15, -0.1) is 24.0 Å². The number of benzene rings is 1. The van der Waals surface area contributed by atoms with Crippen molar-refractivity contribution in [2.45, 2.75) is 32.6 Å². The van der Waals surface area contributed by atoms with Gasteiger partial charge >= 0.3 is 0 Å². The van der Waals surface area contributed by atoms with Crippen molar-refractivity contribution in [1.82, 2.24) is 20.4 Å². The standard InChI is InChI=1S/C23H37FN6O.HI/c1-2-25-23(27-12-15-28-13-4-3-5-14-28)26-11-10-22(31)30-18-16-29(17-19-30)21-8-6-20(24)7-9-21;/h6-9H,2-5,10-19H2,1H3,(H2,25,26,27);1H. The zero-order chi connectivity index (χ0) is 21.9. The number of piperidine rings is 1. The Labute approximate surface area is 208 Å². The van der Waals surface area contributed by atoms with Crippen LogP contribution in [0.3, 0.4) is 0 Å². The lowest BCUT2D eigenvalue weighted by atomic mass is 10.1. The molecule has 32 heavy (non-hydrogen) atoms. The number of hydrogen-bond acceptors (Lipinski definition) is 4. The molecule has 0 radical (unpaired) electrons. The van der Waals surface area contributed by atoms with Crippen molar-refractivity contribution >= 4 is 41.5 Å². The van der Waals surface area contributed by atoms with Gasteiger partial charge in [0.1, 0.15) is 5.82 Å². The average Bonchev–Trinajstić information content (AvgIpc) is 2.80. The van der Waals surface area contributed by atoms with Gasteiger partial charge in [0, 0.05) is 57.9 Å². The highest BCUT2D eigenvalue weighted by Crippen LogP contribution is 2.17. The number of carbonyl (C=O) groups is 1. The fraction of sp³-hybridized carbons (Fsp3) is 0.652. The smallest absolute Gasteiger partial charge is 0.224 e. The number of nitrogens with one attached hydrogen (secondary N) is 2. The molecule has 2 heterocycles. The number of carbonyl (C=O) groups excluding carboxylic acids is 1. The Morgan fingerprint density at radius 3 is 2.34 bits per heavy atom. The van der Waals surface area contributed by atoms with E-state index in [2.05, 4.69) is 25.4 Å². The number of rotatable bonds is 8. The van der Waals surface area contributed by atoms with Crippen LogP contribution in [0.2, 0.25) is 0 Å². The minimum absolute atomic E-state index is 0. The van der Waals surface area contributed by atoms with Crippen molar-refractivity contribution in [3.63, 3.8) is 0 Å². The van der Waals surface area contributed by atoms with E-state index in [9.17, 15) is 9.18 Å². The summed E-state index contributed by atoms with van der Waals surface area (Å²) in [7, 11) is 0. The fourth-order valence-corrected chi connectivity index (χ4v) is 4.14. The topological polar surface area (TPSA) is 63.2 Å². The normalized spacial score (nSPS) is 17.6. The van der Waals surface area contributed by atoms with Crippen LogP contribution in [-0.4, -0.2) is 87.1 Å². The summed E-state index contributed by atoms with van der Waals surface area (Å²) in [5.74, 6) is 0.723. The molecule has 1 aromatic rings. The van der Waals surface area contributed by atoms with Crippen LogP contribution < -0.4 is 15.5 Å². The first kappa shape index (κ1) is 26.6. The maximum absolute atomic E-state index is 13.1. The van der Waals surface area contributed by atoms with Crippen LogP contribution in [0.1, 0.15) is 32.6 Å². The highest BCUT2D eigenvalue weighted by atomic mass is 127. The maximum atomic E-state index is 13.1. The molecule has 1 amide bonds. The van der Waals surface area contributed by atoms with Crippen molar-refractivity contribution in [2.24, 2.45) is 4.99 Å². The first-order chi connectivity index (χ1) is 15.2. The molecule has 0 unspecified atom stereocenters. The maximum Gasteiger partial charge on any atom is 0.224 e. The number of likely N-dealkylation sites (tertiary alicyclic amines) is 1. The molecule has 1 aromatic carbocycles. The largest absolute Gasteiger partial charge is 0.368 e.